The SMILES string of the molecule is CCc1cc(Br)c2oc(-c3ccc(NC(=O)COc4cc(C)ccc4C(C)C)cc3)nc2c1. The highest BCUT2D eigenvalue weighted by Crippen LogP contribution is 2.31. The zero-order valence-corrected chi connectivity index (χ0v) is 20.8. The van der Waals surface area contributed by atoms with Crippen molar-refractivity contribution in [3.05, 3.63) is 75.8 Å². The number of hydrogen-bond acceptors (Lipinski definition) is 4. The third-order valence-corrected chi connectivity index (χ3v) is 6.07. The summed E-state index contributed by atoms with van der Waals surface area (Å²) in [5.74, 6) is 1.40. The number of oxazole rings is 1. The highest BCUT2D eigenvalue weighted by molar-refractivity contribution is 9.10. The van der Waals surface area contributed by atoms with Gasteiger partial charge in [-0.25, -0.2) is 4.98 Å². The molecule has 3 aromatic carbocycles. The average Bonchev–Trinajstić information content (AvgIpc) is 3.23. The Morgan fingerprint density at radius 2 is 1.88 bits per heavy atom. The molecule has 0 aliphatic carbocycles. The van der Waals surface area contributed by atoms with E-state index in [0.29, 0.717) is 17.5 Å². The lowest BCUT2D eigenvalue weighted by molar-refractivity contribution is -0.118. The summed E-state index contributed by atoms with van der Waals surface area (Å²) in [6.45, 7) is 8.28. The van der Waals surface area contributed by atoms with Crippen LogP contribution < -0.4 is 10.1 Å². The minimum Gasteiger partial charge on any atom is -0.483 e. The summed E-state index contributed by atoms with van der Waals surface area (Å²) in [6, 6.07) is 17.6. The molecule has 6 heteroatoms. The van der Waals surface area contributed by atoms with E-state index in [1.54, 1.807) is 0 Å². The minimum absolute atomic E-state index is 0.0517. The van der Waals surface area contributed by atoms with E-state index in [9.17, 15) is 4.79 Å². The first kappa shape index (κ1) is 23.1. The van der Waals surface area contributed by atoms with Crippen LogP contribution in [-0.4, -0.2) is 17.5 Å². The Balaban J connectivity index is 1.43. The van der Waals surface area contributed by atoms with Gasteiger partial charge in [-0.3, -0.25) is 4.79 Å². The summed E-state index contributed by atoms with van der Waals surface area (Å²) in [5.41, 5.74) is 6.46. The molecule has 0 atom stereocenters. The summed E-state index contributed by atoms with van der Waals surface area (Å²) >= 11 is 3.57. The zero-order valence-electron chi connectivity index (χ0n) is 19.2. The number of carbonyl (C=O) groups is 1. The van der Waals surface area contributed by atoms with E-state index in [1.807, 2.05) is 43.3 Å². The fraction of sp³-hybridized carbons (Fsp3) is 0.259. The van der Waals surface area contributed by atoms with Crippen LogP contribution in [0.5, 0.6) is 5.75 Å². The lowest BCUT2D eigenvalue weighted by Crippen LogP contribution is -2.20. The number of rotatable bonds is 7. The Hall–Kier alpha value is -3.12. The predicted octanol–water partition coefficient (Wildman–Crippen LogP) is 7.27. The van der Waals surface area contributed by atoms with Crippen LogP contribution in [0.2, 0.25) is 0 Å². The zero-order chi connectivity index (χ0) is 23.5. The molecule has 4 aromatic rings. The first-order valence-corrected chi connectivity index (χ1v) is 11.9. The maximum absolute atomic E-state index is 12.4. The van der Waals surface area contributed by atoms with Crippen LogP contribution in [-0.2, 0) is 11.2 Å². The van der Waals surface area contributed by atoms with Gasteiger partial charge in [-0.1, -0.05) is 32.9 Å². The maximum Gasteiger partial charge on any atom is 0.262 e. The number of ether oxygens (including phenoxy) is 1. The summed E-state index contributed by atoms with van der Waals surface area (Å²) in [5, 5.41) is 2.88. The molecule has 4 rings (SSSR count). The molecule has 0 saturated heterocycles. The Kier molecular flexibility index (Phi) is 6.84. The van der Waals surface area contributed by atoms with Crippen LogP contribution in [0, 0.1) is 6.92 Å². The highest BCUT2D eigenvalue weighted by atomic mass is 79.9. The highest BCUT2D eigenvalue weighted by Gasteiger charge is 2.13. The summed E-state index contributed by atoms with van der Waals surface area (Å²) in [4.78, 5) is 17.1. The van der Waals surface area contributed by atoms with Gasteiger partial charge in [0.25, 0.3) is 5.91 Å². The molecule has 1 heterocycles. The smallest absolute Gasteiger partial charge is 0.262 e. The molecule has 0 spiro atoms. The number of halogens is 1. The van der Waals surface area contributed by atoms with E-state index in [0.717, 1.165) is 44.4 Å². The Bertz CT molecular complexity index is 1290. The number of nitrogens with one attached hydrogen (secondary N) is 1. The Labute approximate surface area is 202 Å². The van der Waals surface area contributed by atoms with E-state index < -0.39 is 0 Å². The van der Waals surface area contributed by atoms with E-state index in [4.69, 9.17) is 9.15 Å². The lowest BCUT2D eigenvalue weighted by atomic mass is 10.0. The third-order valence-electron chi connectivity index (χ3n) is 5.48. The van der Waals surface area contributed by atoms with Crippen molar-refractivity contribution < 1.29 is 13.9 Å². The molecule has 33 heavy (non-hydrogen) atoms. The molecule has 0 saturated carbocycles. The van der Waals surface area contributed by atoms with Crippen molar-refractivity contribution in [2.24, 2.45) is 0 Å². The van der Waals surface area contributed by atoms with Gasteiger partial charge in [-0.2, -0.15) is 0 Å². The second kappa shape index (κ2) is 9.79. The largest absolute Gasteiger partial charge is 0.483 e. The van der Waals surface area contributed by atoms with Crippen molar-refractivity contribution >= 4 is 38.6 Å². The molecule has 1 amide bonds. The Morgan fingerprint density at radius 3 is 2.58 bits per heavy atom. The van der Waals surface area contributed by atoms with E-state index in [-0.39, 0.29) is 12.5 Å². The van der Waals surface area contributed by atoms with Crippen LogP contribution >= 0.6 is 15.9 Å². The number of hydrogen-bond donors (Lipinski definition) is 1. The van der Waals surface area contributed by atoms with Gasteiger partial charge >= 0.3 is 0 Å². The number of nitrogens with zero attached hydrogens (tertiary/aromatic N) is 1. The molecular formula is C27H27BrN2O3. The molecule has 1 aromatic heterocycles. The van der Waals surface area contributed by atoms with Gasteiger partial charge in [-0.15, -0.1) is 0 Å². The average molecular weight is 507 g/mol. The number of anilines is 1. The van der Waals surface area contributed by atoms with Crippen molar-refractivity contribution in [1.29, 1.82) is 0 Å². The molecule has 5 nitrogen and oxygen atoms in total. The predicted molar refractivity (Wildman–Crippen MR) is 136 cm³/mol. The molecular weight excluding hydrogens is 480 g/mol. The Morgan fingerprint density at radius 1 is 1.12 bits per heavy atom. The van der Waals surface area contributed by atoms with Gasteiger partial charge in [0.05, 0.1) is 4.47 Å². The number of amides is 1. The first-order chi connectivity index (χ1) is 15.8. The second-order valence-electron chi connectivity index (χ2n) is 8.41. The van der Waals surface area contributed by atoms with Crippen LogP contribution in [0.4, 0.5) is 5.69 Å². The summed E-state index contributed by atoms with van der Waals surface area (Å²) < 4.78 is 12.7. The lowest BCUT2D eigenvalue weighted by Gasteiger charge is -2.15. The van der Waals surface area contributed by atoms with Crippen LogP contribution in [0.3, 0.4) is 0 Å². The van der Waals surface area contributed by atoms with Gasteiger partial charge in [0, 0.05) is 11.3 Å². The van der Waals surface area contributed by atoms with E-state index in [1.165, 1.54) is 5.56 Å². The normalized spacial score (nSPS) is 11.2. The quantitative estimate of drug-likeness (QED) is 0.286. The molecule has 0 unspecified atom stereocenters. The van der Waals surface area contributed by atoms with E-state index >= 15 is 0 Å². The molecule has 0 radical (unpaired) electrons. The van der Waals surface area contributed by atoms with Crippen LogP contribution in [0.15, 0.2) is 63.5 Å². The van der Waals surface area contributed by atoms with Crippen molar-refractivity contribution in [1.82, 2.24) is 4.98 Å². The van der Waals surface area contributed by atoms with Crippen molar-refractivity contribution in [2.45, 2.75) is 40.0 Å². The van der Waals surface area contributed by atoms with Crippen LogP contribution in [0.1, 0.15) is 43.4 Å². The molecule has 1 N–H and O–H groups in total. The van der Waals surface area contributed by atoms with Crippen molar-refractivity contribution in [3.63, 3.8) is 0 Å². The molecule has 170 valence electrons. The van der Waals surface area contributed by atoms with Crippen molar-refractivity contribution in [2.75, 3.05) is 11.9 Å². The number of aromatic nitrogens is 1. The number of aryl methyl sites for hydroxylation is 2. The molecule has 0 aliphatic heterocycles. The van der Waals surface area contributed by atoms with Gasteiger partial charge in [-0.05, 0) is 94.3 Å². The number of benzene rings is 3. The van der Waals surface area contributed by atoms with Gasteiger partial charge < -0.3 is 14.5 Å². The third kappa shape index (κ3) is 5.28. The van der Waals surface area contributed by atoms with Crippen molar-refractivity contribution in [3.8, 4) is 17.2 Å². The van der Waals surface area contributed by atoms with Gasteiger partial charge in [0.15, 0.2) is 12.2 Å². The fourth-order valence-corrected chi connectivity index (χ4v) is 4.23. The minimum atomic E-state index is -0.211. The monoisotopic (exact) mass is 506 g/mol. The standard InChI is InChI=1S/C27H27BrN2O3/c1-5-18-13-22(28)26-23(14-18)30-27(33-26)19-7-9-20(10-8-19)29-25(31)15-32-24-12-17(4)6-11-21(24)16(2)3/h6-14,16H,5,15H2,1-4H3,(H,29,31). The number of fused-ring (bicyclic) bond motifs is 1. The fourth-order valence-electron chi connectivity index (χ4n) is 3.65. The second-order valence-corrected chi connectivity index (χ2v) is 9.26. The molecule has 0 fully saturated rings. The first-order valence-electron chi connectivity index (χ1n) is 11.1. The van der Waals surface area contributed by atoms with Gasteiger partial charge in [0.1, 0.15) is 11.3 Å². The number of carbonyl (C=O) groups excluding carboxylic acids is 1. The topological polar surface area (TPSA) is 64.4 Å². The van der Waals surface area contributed by atoms with E-state index in [2.05, 4.69) is 65.2 Å². The summed E-state index contributed by atoms with van der Waals surface area (Å²) in [7, 11) is 0. The van der Waals surface area contributed by atoms with Crippen LogP contribution in [0.25, 0.3) is 22.6 Å². The van der Waals surface area contributed by atoms with Gasteiger partial charge in [0.2, 0.25) is 5.89 Å². The molecule has 0 aliphatic rings. The summed E-state index contributed by atoms with van der Waals surface area (Å²) in [6.07, 6.45) is 0.928. The molecule has 0 bridgehead atoms. The maximum atomic E-state index is 12.4.